The molecule has 0 atom stereocenters. The maximum atomic E-state index is 12.8. The van der Waals surface area contributed by atoms with E-state index in [2.05, 4.69) is 50.8 Å². The molecule has 1 N–H and O–H groups in total. The van der Waals surface area contributed by atoms with Crippen molar-refractivity contribution in [3.63, 3.8) is 0 Å². The summed E-state index contributed by atoms with van der Waals surface area (Å²) < 4.78 is 0.815. The molecule has 1 saturated heterocycles. The van der Waals surface area contributed by atoms with Crippen molar-refractivity contribution in [3.05, 3.63) is 58.5 Å². The molecule has 30 heavy (non-hydrogen) atoms. The SMILES string of the molecule is CC(C)Cc1cc(-c2ncc(-c3ccc(C(=O)N4CCCCC4)c(Br)c3)[nH]2)ccn1. The number of benzene rings is 1. The van der Waals surface area contributed by atoms with Gasteiger partial charge in [-0.15, -0.1) is 0 Å². The average Bonchev–Trinajstić information content (AvgIpc) is 3.24. The molecule has 3 heterocycles. The number of aromatic amines is 1. The van der Waals surface area contributed by atoms with Crippen LogP contribution in [0, 0.1) is 5.92 Å². The first-order valence-corrected chi connectivity index (χ1v) is 11.4. The number of pyridine rings is 1. The highest BCUT2D eigenvalue weighted by molar-refractivity contribution is 9.10. The number of hydrogen-bond donors (Lipinski definition) is 1. The van der Waals surface area contributed by atoms with Crippen LogP contribution in [0.15, 0.2) is 47.2 Å². The molecular weight excluding hydrogens is 440 g/mol. The van der Waals surface area contributed by atoms with Crippen molar-refractivity contribution in [2.24, 2.45) is 5.92 Å². The number of halogens is 1. The Bertz CT molecular complexity index is 1040. The molecule has 1 aromatic carbocycles. The van der Waals surface area contributed by atoms with Crippen LogP contribution in [0.4, 0.5) is 0 Å². The topological polar surface area (TPSA) is 61.9 Å². The third kappa shape index (κ3) is 4.64. The van der Waals surface area contributed by atoms with Gasteiger partial charge in [-0.1, -0.05) is 19.9 Å². The van der Waals surface area contributed by atoms with Crippen molar-refractivity contribution in [3.8, 4) is 22.6 Å². The van der Waals surface area contributed by atoms with Crippen LogP contribution in [0.2, 0.25) is 0 Å². The molecule has 3 aromatic rings. The Morgan fingerprint density at radius 2 is 1.90 bits per heavy atom. The van der Waals surface area contributed by atoms with E-state index < -0.39 is 0 Å². The van der Waals surface area contributed by atoms with Gasteiger partial charge in [0.2, 0.25) is 0 Å². The monoisotopic (exact) mass is 466 g/mol. The van der Waals surface area contributed by atoms with Crippen LogP contribution in [-0.4, -0.2) is 38.8 Å². The largest absolute Gasteiger partial charge is 0.339 e. The highest BCUT2D eigenvalue weighted by Crippen LogP contribution is 2.28. The summed E-state index contributed by atoms with van der Waals surface area (Å²) in [6, 6.07) is 9.95. The molecule has 1 aliphatic rings. The van der Waals surface area contributed by atoms with Crippen molar-refractivity contribution < 1.29 is 4.79 Å². The molecule has 1 fully saturated rings. The lowest BCUT2D eigenvalue weighted by molar-refractivity contribution is 0.0723. The first kappa shape index (κ1) is 20.8. The van der Waals surface area contributed by atoms with Crippen LogP contribution in [0.5, 0.6) is 0 Å². The predicted molar refractivity (Wildman–Crippen MR) is 123 cm³/mol. The fourth-order valence-electron chi connectivity index (χ4n) is 3.89. The maximum absolute atomic E-state index is 12.8. The number of hydrogen-bond acceptors (Lipinski definition) is 3. The Morgan fingerprint density at radius 1 is 1.10 bits per heavy atom. The minimum absolute atomic E-state index is 0.105. The lowest BCUT2D eigenvalue weighted by Crippen LogP contribution is -2.35. The maximum Gasteiger partial charge on any atom is 0.254 e. The van der Waals surface area contributed by atoms with Gasteiger partial charge in [-0.3, -0.25) is 9.78 Å². The molecule has 1 aliphatic heterocycles. The van der Waals surface area contributed by atoms with Crippen molar-refractivity contribution in [1.29, 1.82) is 0 Å². The van der Waals surface area contributed by atoms with Gasteiger partial charge in [0, 0.05) is 40.6 Å². The van der Waals surface area contributed by atoms with Gasteiger partial charge in [0.25, 0.3) is 5.91 Å². The zero-order valence-corrected chi connectivity index (χ0v) is 19.1. The standard InChI is InChI=1S/C24H27BrN4O/c1-16(2)12-19-13-18(8-9-26-19)23-27-15-22(28-23)17-6-7-20(21(25)14-17)24(30)29-10-4-3-5-11-29/h6-9,13-16H,3-5,10-12H2,1-2H3,(H,27,28). The Balaban J connectivity index is 1.55. The molecule has 2 aromatic heterocycles. The van der Waals surface area contributed by atoms with E-state index in [1.54, 1.807) is 0 Å². The molecule has 156 valence electrons. The second kappa shape index (κ2) is 9.13. The van der Waals surface area contributed by atoms with Gasteiger partial charge in [-0.25, -0.2) is 4.98 Å². The van der Waals surface area contributed by atoms with Crippen LogP contribution in [-0.2, 0) is 6.42 Å². The van der Waals surface area contributed by atoms with Crippen LogP contribution >= 0.6 is 15.9 Å². The van der Waals surface area contributed by atoms with E-state index in [1.165, 1.54) is 6.42 Å². The third-order valence-electron chi connectivity index (χ3n) is 5.44. The normalized spacial score (nSPS) is 14.3. The van der Waals surface area contributed by atoms with Gasteiger partial charge in [0.15, 0.2) is 0 Å². The average molecular weight is 467 g/mol. The number of likely N-dealkylation sites (tertiary alicyclic amines) is 1. The lowest BCUT2D eigenvalue weighted by atomic mass is 10.1. The molecule has 0 spiro atoms. The van der Waals surface area contributed by atoms with Crippen LogP contribution in [0.25, 0.3) is 22.6 Å². The predicted octanol–water partition coefficient (Wildman–Crippen LogP) is 5.73. The van der Waals surface area contributed by atoms with Crippen molar-refractivity contribution in [2.45, 2.75) is 39.5 Å². The number of aromatic nitrogens is 3. The smallest absolute Gasteiger partial charge is 0.254 e. The summed E-state index contributed by atoms with van der Waals surface area (Å²) in [6.45, 7) is 6.08. The summed E-state index contributed by atoms with van der Waals surface area (Å²) in [4.78, 5) is 27.2. The summed E-state index contributed by atoms with van der Waals surface area (Å²) in [6.07, 6.45) is 8.01. The number of imidazole rings is 1. The van der Waals surface area contributed by atoms with Crippen LogP contribution in [0.1, 0.15) is 49.2 Å². The third-order valence-corrected chi connectivity index (χ3v) is 6.09. The Kier molecular flexibility index (Phi) is 6.32. The summed E-state index contributed by atoms with van der Waals surface area (Å²) in [5.41, 5.74) is 4.73. The van der Waals surface area contributed by atoms with Gasteiger partial charge in [-0.2, -0.15) is 0 Å². The zero-order chi connectivity index (χ0) is 21.1. The van der Waals surface area contributed by atoms with Crippen LogP contribution in [0.3, 0.4) is 0 Å². The van der Waals surface area contributed by atoms with Gasteiger partial charge in [0.05, 0.1) is 17.5 Å². The van der Waals surface area contributed by atoms with E-state index in [4.69, 9.17) is 0 Å². The number of H-pyrrole nitrogens is 1. The van der Waals surface area contributed by atoms with E-state index in [1.807, 2.05) is 41.6 Å². The zero-order valence-electron chi connectivity index (χ0n) is 17.5. The molecule has 5 nitrogen and oxygen atoms in total. The number of carbonyl (C=O) groups is 1. The molecule has 6 heteroatoms. The molecule has 0 unspecified atom stereocenters. The number of piperidine rings is 1. The minimum Gasteiger partial charge on any atom is -0.339 e. The first-order chi connectivity index (χ1) is 14.5. The van der Waals surface area contributed by atoms with Crippen LogP contribution < -0.4 is 0 Å². The fraction of sp³-hybridized carbons (Fsp3) is 0.375. The number of amides is 1. The van der Waals surface area contributed by atoms with E-state index >= 15 is 0 Å². The van der Waals surface area contributed by atoms with Crippen molar-refractivity contribution in [1.82, 2.24) is 19.9 Å². The Hall–Kier alpha value is -2.47. The lowest BCUT2D eigenvalue weighted by Gasteiger charge is -2.27. The molecule has 4 rings (SSSR count). The number of rotatable bonds is 5. The summed E-state index contributed by atoms with van der Waals surface area (Å²) in [5.74, 6) is 1.48. The van der Waals surface area contributed by atoms with E-state index in [9.17, 15) is 4.79 Å². The Labute approximate surface area is 186 Å². The van der Waals surface area contributed by atoms with Crippen molar-refractivity contribution in [2.75, 3.05) is 13.1 Å². The summed E-state index contributed by atoms with van der Waals surface area (Å²) in [7, 11) is 0. The molecule has 0 radical (unpaired) electrons. The molecule has 0 bridgehead atoms. The quantitative estimate of drug-likeness (QED) is 0.522. The molecular formula is C24H27BrN4O. The summed E-state index contributed by atoms with van der Waals surface area (Å²) >= 11 is 3.61. The number of nitrogens with one attached hydrogen (secondary N) is 1. The molecule has 0 saturated carbocycles. The Morgan fingerprint density at radius 3 is 2.63 bits per heavy atom. The fourth-order valence-corrected chi connectivity index (χ4v) is 4.44. The van der Waals surface area contributed by atoms with Gasteiger partial charge < -0.3 is 9.88 Å². The van der Waals surface area contributed by atoms with Gasteiger partial charge >= 0.3 is 0 Å². The molecule has 0 aliphatic carbocycles. The van der Waals surface area contributed by atoms with Gasteiger partial charge in [-0.05, 0) is 71.8 Å². The highest BCUT2D eigenvalue weighted by Gasteiger charge is 2.20. The van der Waals surface area contributed by atoms with E-state index in [0.29, 0.717) is 11.5 Å². The minimum atomic E-state index is 0.105. The number of carbonyl (C=O) groups excluding carboxylic acids is 1. The second-order valence-electron chi connectivity index (χ2n) is 8.33. The van der Waals surface area contributed by atoms with Crippen molar-refractivity contribution >= 4 is 21.8 Å². The second-order valence-corrected chi connectivity index (χ2v) is 9.18. The van der Waals surface area contributed by atoms with E-state index in [-0.39, 0.29) is 5.91 Å². The highest BCUT2D eigenvalue weighted by atomic mass is 79.9. The molecule has 1 amide bonds. The summed E-state index contributed by atoms with van der Waals surface area (Å²) in [5, 5.41) is 0. The van der Waals surface area contributed by atoms with Gasteiger partial charge in [0.1, 0.15) is 5.82 Å². The first-order valence-electron chi connectivity index (χ1n) is 10.6. The van der Waals surface area contributed by atoms with E-state index in [0.717, 1.165) is 65.2 Å². The number of nitrogens with zero attached hydrogens (tertiary/aromatic N) is 3.